The fourth-order valence-electron chi connectivity index (χ4n) is 1.35. The summed E-state index contributed by atoms with van der Waals surface area (Å²) < 4.78 is 15.9. The second-order valence-electron chi connectivity index (χ2n) is 3.55. The summed E-state index contributed by atoms with van der Waals surface area (Å²) in [4.78, 5) is 11.0. The van der Waals surface area contributed by atoms with E-state index in [4.69, 9.17) is 13.3 Å². The van der Waals surface area contributed by atoms with Crippen molar-refractivity contribution in [2.45, 2.75) is 13.0 Å². The summed E-state index contributed by atoms with van der Waals surface area (Å²) >= 11 is 0. The molecule has 1 unspecified atom stereocenters. The van der Waals surface area contributed by atoms with Crippen LogP contribution in [-0.4, -0.2) is 42.6 Å². The van der Waals surface area contributed by atoms with Crippen molar-refractivity contribution in [1.29, 1.82) is 0 Å². The normalized spacial score (nSPS) is 13.2. The van der Waals surface area contributed by atoms with Gasteiger partial charge in [-0.2, -0.15) is 0 Å². The molecule has 0 fully saturated rings. The van der Waals surface area contributed by atoms with Crippen LogP contribution in [0, 0.1) is 5.92 Å². The van der Waals surface area contributed by atoms with Gasteiger partial charge in [0.15, 0.2) is 0 Å². The van der Waals surface area contributed by atoms with E-state index in [0.29, 0.717) is 12.6 Å². The van der Waals surface area contributed by atoms with Gasteiger partial charge >= 0.3 is 8.80 Å². The van der Waals surface area contributed by atoms with Crippen LogP contribution >= 0.6 is 0 Å². The maximum Gasteiger partial charge on any atom is 0.500 e. The van der Waals surface area contributed by atoms with Crippen LogP contribution in [0.4, 0.5) is 0 Å². The smallest absolute Gasteiger partial charge is 0.377 e. The molecule has 0 radical (unpaired) electrons. The van der Waals surface area contributed by atoms with Gasteiger partial charge in [-0.05, 0) is 12.0 Å². The second-order valence-corrected chi connectivity index (χ2v) is 6.55. The van der Waals surface area contributed by atoms with Gasteiger partial charge in [-0.1, -0.05) is 13.5 Å². The van der Waals surface area contributed by atoms with E-state index in [0.717, 1.165) is 0 Å². The second kappa shape index (κ2) is 7.56. The first-order valence-electron chi connectivity index (χ1n) is 5.09. The lowest BCUT2D eigenvalue weighted by molar-refractivity contribution is -0.116. The number of hydrogen-bond donors (Lipinski definition) is 1. The molecule has 0 saturated heterocycles. The topological polar surface area (TPSA) is 56.8 Å². The maximum absolute atomic E-state index is 11.0. The van der Waals surface area contributed by atoms with Gasteiger partial charge in [0.1, 0.15) is 0 Å². The van der Waals surface area contributed by atoms with E-state index in [2.05, 4.69) is 11.9 Å². The third-order valence-corrected chi connectivity index (χ3v) is 5.40. The van der Waals surface area contributed by atoms with E-state index in [9.17, 15) is 4.79 Å². The molecule has 1 N–H and O–H groups in total. The Morgan fingerprint density at radius 2 is 1.88 bits per heavy atom. The lowest BCUT2D eigenvalue weighted by Gasteiger charge is -2.27. The first-order chi connectivity index (χ1) is 7.53. The molecule has 0 aromatic heterocycles. The molecule has 0 saturated carbocycles. The molecule has 5 nitrogen and oxygen atoms in total. The Morgan fingerprint density at radius 3 is 2.25 bits per heavy atom. The molecule has 0 aliphatic heterocycles. The Bertz CT molecular complexity index is 223. The molecule has 1 amide bonds. The van der Waals surface area contributed by atoms with Crippen molar-refractivity contribution < 1.29 is 18.1 Å². The molecule has 0 rings (SSSR count). The Kier molecular flexibility index (Phi) is 7.23. The van der Waals surface area contributed by atoms with Gasteiger partial charge in [0, 0.05) is 33.9 Å². The van der Waals surface area contributed by atoms with Gasteiger partial charge in [0.05, 0.1) is 0 Å². The third-order valence-electron chi connectivity index (χ3n) is 2.34. The SMILES string of the molecule is C=CC(=O)NCC(C)C[Si](OC)(OC)OC. The highest BCUT2D eigenvalue weighted by Crippen LogP contribution is 2.18. The van der Waals surface area contributed by atoms with Gasteiger partial charge < -0.3 is 18.6 Å². The molecule has 0 aromatic rings. The average molecular weight is 247 g/mol. The molecule has 0 spiro atoms. The minimum atomic E-state index is -2.54. The Morgan fingerprint density at radius 1 is 1.38 bits per heavy atom. The summed E-state index contributed by atoms with van der Waals surface area (Å²) in [6, 6.07) is 0.661. The summed E-state index contributed by atoms with van der Waals surface area (Å²) in [7, 11) is 2.19. The molecule has 6 heteroatoms. The summed E-state index contributed by atoms with van der Waals surface area (Å²) in [5.74, 6) is 0.0433. The Hall–Kier alpha value is -0.693. The summed E-state index contributed by atoms with van der Waals surface area (Å²) in [6.07, 6.45) is 1.25. The molecule has 0 aromatic carbocycles. The number of rotatable bonds is 8. The number of hydrogen-bond acceptors (Lipinski definition) is 4. The Labute approximate surface area is 98.1 Å². The molecule has 0 aliphatic carbocycles. The molecule has 16 heavy (non-hydrogen) atoms. The molecular weight excluding hydrogens is 226 g/mol. The van der Waals surface area contributed by atoms with E-state index in [1.165, 1.54) is 6.08 Å². The minimum absolute atomic E-state index is 0.175. The van der Waals surface area contributed by atoms with Crippen LogP contribution in [0.25, 0.3) is 0 Å². The first-order valence-corrected chi connectivity index (χ1v) is 7.02. The van der Waals surface area contributed by atoms with Crippen LogP contribution < -0.4 is 5.32 Å². The van der Waals surface area contributed by atoms with Crippen LogP contribution in [0.5, 0.6) is 0 Å². The van der Waals surface area contributed by atoms with Crippen molar-refractivity contribution in [3.8, 4) is 0 Å². The van der Waals surface area contributed by atoms with Crippen LogP contribution in [-0.2, 0) is 18.1 Å². The standard InChI is InChI=1S/C10H21NO4Si/c1-6-10(12)11-7-9(2)8-16(13-3,14-4)15-5/h6,9H,1,7-8H2,2-5H3,(H,11,12). The lowest BCUT2D eigenvalue weighted by Crippen LogP contribution is -2.45. The predicted molar refractivity (Wildman–Crippen MR) is 64.0 cm³/mol. The van der Waals surface area contributed by atoms with Gasteiger partial charge in [0.2, 0.25) is 5.91 Å². The van der Waals surface area contributed by atoms with Crippen molar-refractivity contribution in [1.82, 2.24) is 5.32 Å². The van der Waals surface area contributed by atoms with E-state index in [1.807, 2.05) is 6.92 Å². The van der Waals surface area contributed by atoms with Gasteiger partial charge in [-0.15, -0.1) is 0 Å². The summed E-state index contributed by atoms with van der Waals surface area (Å²) in [6.45, 7) is 5.94. The predicted octanol–water partition coefficient (Wildman–Crippen LogP) is 0.803. The highest BCUT2D eigenvalue weighted by molar-refractivity contribution is 6.60. The lowest BCUT2D eigenvalue weighted by atomic mass is 10.2. The third kappa shape index (κ3) is 4.89. The highest BCUT2D eigenvalue weighted by Gasteiger charge is 2.39. The van der Waals surface area contributed by atoms with Crippen LogP contribution in [0.1, 0.15) is 6.92 Å². The van der Waals surface area contributed by atoms with E-state index in [-0.39, 0.29) is 11.8 Å². The van der Waals surface area contributed by atoms with Gasteiger partial charge in [0.25, 0.3) is 0 Å². The van der Waals surface area contributed by atoms with Crippen molar-refractivity contribution >= 4 is 14.7 Å². The van der Waals surface area contributed by atoms with Crippen molar-refractivity contribution in [2.24, 2.45) is 5.92 Å². The highest BCUT2D eigenvalue weighted by atomic mass is 28.4. The number of carbonyl (C=O) groups excluding carboxylic acids is 1. The molecule has 0 aliphatic rings. The van der Waals surface area contributed by atoms with Gasteiger partial charge in [-0.25, -0.2) is 0 Å². The Balaban J connectivity index is 4.14. The van der Waals surface area contributed by atoms with Crippen LogP contribution in [0.2, 0.25) is 6.04 Å². The zero-order valence-electron chi connectivity index (χ0n) is 10.4. The first kappa shape index (κ1) is 15.3. The largest absolute Gasteiger partial charge is 0.500 e. The monoisotopic (exact) mass is 247 g/mol. The summed E-state index contributed by atoms with van der Waals surface area (Å²) in [5, 5.41) is 2.73. The minimum Gasteiger partial charge on any atom is -0.377 e. The molecule has 94 valence electrons. The zero-order valence-corrected chi connectivity index (χ0v) is 11.4. The fraction of sp³-hybridized carbons (Fsp3) is 0.700. The van der Waals surface area contributed by atoms with Gasteiger partial charge in [-0.3, -0.25) is 4.79 Å². The van der Waals surface area contributed by atoms with Crippen LogP contribution in [0.3, 0.4) is 0 Å². The van der Waals surface area contributed by atoms with Crippen molar-refractivity contribution in [3.63, 3.8) is 0 Å². The number of nitrogens with one attached hydrogen (secondary N) is 1. The molecule has 0 heterocycles. The zero-order chi connectivity index (χ0) is 12.6. The number of carbonyl (C=O) groups is 1. The van der Waals surface area contributed by atoms with E-state index < -0.39 is 8.80 Å². The van der Waals surface area contributed by atoms with Crippen LogP contribution in [0.15, 0.2) is 12.7 Å². The molecular formula is C10H21NO4Si. The van der Waals surface area contributed by atoms with E-state index >= 15 is 0 Å². The van der Waals surface area contributed by atoms with Crippen molar-refractivity contribution in [3.05, 3.63) is 12.7 Å². The quantitative estimate of drug-likeness (QED) is 0.509. The van der Waals surface area contributed by atoms with Crippen molar-refractivity contribution in [2.75, 3.05) is 27.9 Å². The fourth-order valence-corrected chi connectivity index (χ4v) is 3.34. The van der Waals surface area contributed by atoms with E-state index in [1.54, 1.807) is 21.3 Å². The number of amides is 1. The molecule has 0 bridgehead atoms. The molecule has 1 atom stereocenters. The summed E-state index contributed by atoms with van der Waals surface area (Å²) in [5.41, 5.74) is 0. The maximum atomic E-state index is 11.0. The average Bonchev–Trinajstić information content (AvgIpc) is 2.33.